The fourth-order valence-corrected chi connectivity index (χ4v) is 3.23. The molecule has 2 aromatic heterocycles. The number of nitrogens with two attached hydrogens (primary N) is 1. The minimum atomic E-state index is -0.558. The third kappa shape index (κ3) is 3.73. The summed E-state index contributed by atoms with van der Waals surface area (Å²) < 4.78 is 6.79. The number of anilines is 1. The van der Waals surface area contributed by atoms with Gasteiger partial charge in [-0.3, -0.25) is 14.2 Å². The molecule has 2 heterocycles. The van der Waals surface area contributed by atoms with Crippen molar-refractivity contribution in [3.05, 3.63) is 70.1 Å². The zero-order valence-corrected chi connectivity index (χ0v) is 16.4. The number of hydrogen-bond acceptors (Lipinski definition) is 6. The Kier molecular flexibility index (Phi) is 5.19. The second-order valence-electron chi connectivity index (χ2n) is 6.59. The number of methoxy groups -OCH3 is 1. The van der Waals surface area contributed by atoms with Crippen LogP contribution < -0.4 is 21.5 Å². The van der Waals surface area contributed by atoms with E-state index >= 15 is 0 Å². The molecule has 4 rings (SSSR count). The molecule has 0 saturated carbocycles. The van der Waals surface area contributed by atoms with Crippen LogP contribution in [-0.4, -0.2) is 38.9 Å². The van der Waals surface area contributed by atoms with E-state index in [4.69, 9.17) is 10.5 Å². The van der Waals surface area contributed by atoms with E-state index < -0.39 is 11.6 Å². The van der Waals surface area contributed by atoms with E-state index in [-0.39, 0.29) is 29.4 Å². The Labute approximate surface area is 175 Å². The number of nitrogens with zero attached hydrogens (tertiary/aromatic N) is 3. The van der Waals surface area contributed by atoms with E-state index in [1.54, 1.807) is 43.9 Å². The van der Waals surface area contributed by atoms with Gasteiger partial charge in [-0.1, -0.05) is 30.3 Å². The summed E-state index contributed by atoms with van der Waals surface area (Å²) in [6, 6.07) is 13.7. The second kappa shape index (κ2) is 8.11. The van der Waals surface area contributed by atoms with Crippen molar-refractivity contribution in [1.29, 1.82) is 0 Å². The molecule has 0 aliphatic rings. The Hall–Kier alpha value is -4.47. The number of hydrogen-bond donors (Lipinski definition) is 3. The summed E-state index contributed by atoms with van der Waals surface area (Å²) in [6.45, 7) is 0.185. The monoisotopic (exact) mass is 417 g/mol. The topological polar surface area (TPSA) is 145 Å². The third-order valence-corrected chi connectivity index (χ3v) is 4.74. The van der Waals surface area contributed by atoms with Crippen LogP contribution in [-0.2, 0) is 11.3 Å². The first-order valence-electron chi connectivity index (χ1n) is 9.17. The van der Waals surface area contributed by atoms with E-state index in [1.807, 2.05) is 18.2 Å². The molecule has 4 N–H and O–H groups in total. The molecule has 2 amide bonds. The van der Waals surface area contributed by atoms with Crippen molar-refractivity contribution in [1.82, 2.24) is 19.5 Å². The van der Waals surface area contributed by atoms with Gasteiger partial charge in [0, 0.05) is 16.7 Å². The predicted molar refractivity (Wildman–Crippen MR) is 114 cm³/mol. The van der Waals surface area contributed by atoms with Crippen molar-refractivity contribution in [2.75, 3.05) is 12.4 Å². The average molecular weight is 417 g/mol. The van der Waals surface area contributed by atoms with Crippen LogP contribution in [0, 0.1) is 0 Å². The lowest BCUT2D eigenvalue weighted by Gasteiger charge is -2.10. The van der Waals surface area contributed by atoms with Crippen molar-refractivity contribution in [2.45, 2.75) is 6.54 Å². The van der Waals surface area contributed by atoms with Crippen LogP contribution in [0.25, 0.3) is 22.6 Å². The lowest BCUT2D eigenvalue weighted by Crippen LogP contribution is -2.18. The van der Waals surface area contributed by atoms with E-state index in [1.165, 1.54) is 4.57 Å². The number of carbonyl (C=O) groups is 1. The number of para-hydroxylation sites is 1. The average Bonchev–Trinajstić information content (AvgIpc) is 3.10. The Bertz CT molecular complexity index is 1340. The molecule has 0 aliphatic heterocycles. The van der Waals surface area contributed by atoms with Crippen LogP contribution in [0.2, 0.25) is 0 Å². The summed E-state index contributed by atoms with van der Waals surface area (Å²) >= 11 is 0. The number of H-pyrrole nitrogens is 1. The highest BCUT2D eigenvalue weighted by Crippen LogP contribution is 2.25. The van der Waals surface area contributed by atoms with Crippen molar-refractivity contribution < 1.29 is 14.3 Å². The third-order valence-electron chi connectivity index (χ3n) is 4.74. The first kappa shape index (κ1) is 19.8. The lowest BCUT2D eigenvalue weighted by atomic mass is 10.1. The molecule has 0 fully saturated rings. The van der Waals surface area contributed by atoms with Gasteiger partial charge in [-0.15, -0.1) is 0 Å². The number of rotatable bonds is 7. The zero-order chi connectivity index (χ0) is 22.0. The number of ether oxygens (including phenoxy) is 1. The van der Waals surface area contributed by atoms with E-state index in [0.717, 1.165) is 5.56 Å². The first-order chi connectivity index (χ1) is 15.0. The highest BCUT2D eigenvalue weighted by molar-refractivity contribution is 5.93. The largest absolute Gasteiger partial charge is 0.496 e. The molecule has 0 saturated heterocycles. The fraction of sp³-hybridized carbons (Fsp3) is 0.0952. The molecule has 0 unspecified atom stereocenters. The molecule has 0 atom stereocenters. The van der Waals surface area contributed by atoms with E-state index in [9.17, 15) is 14.4 Å². The number of imidazole rings is 1. The number of amides is 2. The molecule has 155 valence electrons. The van der Waals surface area contributed by atoms with Crippen LogP contribution in [0.1, 0.15) is 15.9 Å². The van der Waals surface area contributed by atoms with Crippen molar-refractivity contribution in [2.24, 2.45) is 5.73 Å². The molecule has 4 aromatic rings. The quantitative estimate of drug-likeness (QED) is 0.388. The molecule has 10 heteroatoms. The number of primary amides is 1. The molecule has 0 aliphatic carbocycles. The number of fused-ring (bicyclic) bond motifs is 1. The zero-order valence-electron chi connectivity index (χ0n) is 16.4. The summed E-state index contributed by atoms with van der Waals surface area (Å²) in [4.78, 5) is 46.5. The summed E-state index contributed by atoms with van der Waals surface area (Å²) in [5.74, 6) is 0.413. The van der Waals surface area contributed by atoms with Crippen LogP contribution in [0.15, 0.2) is 53.3 Å². The lowest BCUT2D eigenvalue weighted by molar-refractivity contribution is 0.100. The summed E-state index contributed by atoms with van der Waals surface area (Å²) in [5.41, 5.74) is 7.09. The Morgan fingerprint density at radius 1 is 1.19 bits per heavy atom. The van der Waals surface area contributed by atoms with Gasteiger partial charge in [0.25, 0.3) is 0 Å². The van der Waals surface area contributed by atoms with Crippen molar-refractivity contribution >= 4 is 29.3 Å². The Morgan fingerprint density at radius 3 is 2.61 bits per heavy atom. The van der Waals surface area contributed by atoms with Gasteiger partial charge in [0.15, 0.2) is 17.3 Å². The van der Waals surface area contributed by atoms with Gasteiger partial charge >= 0.3 is 12.1 Å². The Balaban J connectivity index is 1.88. The number of aromatic nitrogens is 4. The summed E-state index contributed by atoms with van der Waals surface area (Å²) in [5, 5.41) is 2.38. The molecular formula is C21H17N6O4. The highest BCUT2D eigenvalue weighted by Gasteiger charge is 2.18. The van der Waals surface area contributed by atoms with Gasteiger partial charge in [-0.25, -0.2) is 14.8 Å². The molecule has 0 spiro atoms. The van der Waals surface area contributed by atoms with Gasteiger partial charge in [0.1, 0.15) is 11.3 Å². The second-order valence-corrected chi connectivity index (χ2v) is 6.59. The standard InChI is InChI=1S/C21H17N6O4/c1-31-15-5-3-2-4-14(15)10-27-20-16(24-21(27)30)19(23-11-28)25-18(26-20)13-8-6-12(7-9-13)17(22)29/h2-9H,10H2,1H3,(H2,22,29)(H,24,30)(H,23,25,26,28). The number of benzene rings is 2. The van der Waals surface area contributed by atoms with Gasteiger partial charge < -0.3 is 20.8 Å². The van der Waals surface area contributed by atoms with Crippen LogP contribution >= 0.6 is 0 Å². The molecule has 2 aromatic carbocycles. The van der Waals surface area contributed by atoms with E-state index in [0.29, 0.717) is 16.9 Å². The highest BCUT2D eigenvalue weighted by atomic mass is 16.5. The van der Waals surface area contributed by atoms with Gasteiger partial charge in [-0.05, 0) is 18.2 Å². The minimum Gasteiger partial charge on any atom is -0.496 e. The Morgan fingerprint density at radius 2 is 1.94 bits per heavy atom. The number of nitrogens with one attached hydrogen (secondary N) is 2. The van der Waals surface area contributed by atoms with Gasteiger partial charge in [0.2, 0.25) is 5.91 Å². The minimum absolute atomic E-state index is 0.102. The van der Waals surface area contributed by atoms with Gasteiger partial charge in [0.05, 0.1) is 13.7 Å². The van der Waals surface area contributed by atoms with Crippen molar-refractivity contribution in [3.8, 4) is 17.1 Å². The number of aromatic amines is 1. The molecular weight excluding hydrogens is 400 g/mol. The van der Waals surface area contributed by atoms with Crippen LogP contribution in [0.3, 0.4) is 0 Å². The van der Waals surface area contributed by atoms with E-state index in [2.05, 4.69) is 20.3 Å². The number of carbonyl (C=O) groups excluding carboxylic acids is 2. The summed E-state index contributed by atoms with van der Waals surface area (Å²) in [7, 11) is 1.55. The maximum Gasteiger partial charge on any atom is 0.328 e. The normalized spacial score (nSPS) is 10.7. The maximum absolute atomic E-state index is 12.7. The predicted octanol–water partition coefficient (Wildman–Crippen LogP) is 1.42. The molecule has 31 heavy (non-hydrogen) atoms. The molecule has 0 bridgehead atoms. The molecule has 1 radical (unpaired) electrons. The summed E-state index contributed by atoms with van der Waals surface area (Å²) in [6.07, 6.45) is 1.57. The van der Waals surface area contributed by atoms with Crippen LogP contribution in [0.4, 0.5) is 5.82 Å². The fourth-order valence-electron chi connectivity index (χ4n) is 3.23. The maximum atomic E-state index is 12.7. The molecule has 10 nitrogen and oxygen atoms in total. The van der Waals surface area contributed by atoms with Crippen LogP contribution in [0.5, 0.6) is 5.75 Å². The van der Waals surface area contributed by atoms with Gasteiger partial charge in [-0.2, -0.15) is 0 Å². The first-order valence-corrected chi connectivity index (χ1v) is 9.17. The van der Waals surface area contributed by atoms with Crippen molar-refractivity contribution in [3.63, 3.8) is 0 Å². The smallest absolute Gasteiger partial charge is 0.328 e. The SMILES string of the molecule is COc1ccccc1Cn1c(=O)[nH]c2c(N[C]=O)nc(-c3ccc(C(N)=O)cc3)nc21.